The van der Waals surface area contributed by atoms with Gasteiger partial charge < -0.3 is 0 Å². The Bertz CT molecular complexity index is 538. The molecule has 2 amide bonds. The molecule has 112 valence electrons. The molecule has 0 spiro atoms. The van der Waals surface area contributed by atoms with Crippen LogP contribution in [-0.4, -0.2) is 17.6 Å². The van der Waals surface area contributed by atoms with Crippen molar-refractivity contribution in [2.24, 2.45) is 11.8 Å². The zero-order chi connectivity index (χ0) is 15.4. The van der Waals surface area contributed by atoms with Gasteiger partial charge in [0.05, 0.1) is 11.6 Å². The van der Waals surface area contributed by atoms with E-state index in [9.17, 15) is 14.4 Å². The van der Waals surface area contributed by atoms with Crippen LogP contribution in [0.4, 0.5) is 5.69 Å². The molecular weight excluding hydrogens is 266 g/mol. The van der Waals surface area contributed by atoms with Crippen molar-refractivity contribution in [3.8, 4) is 0 Å². The summed E-state index contributed by atoms with van der Waals surface area (Å²) in [5.41, 5.74) is 0.591. The third-order valence-electron chi connectivity index (χ3n) is 4.03. The van der Waals surface area contributed by atoms with Gasteiger partial charge >= 0.3 is 0 Å². The van der Waals surface area contributed by atoms with E-state index in [1.807, 2.05) is 19.9 Å². The van der Waals surface area contributed by atoms with Gasteiger partial charge in [-0.25, -0.2) is 0 Å². The van der Waals surface area contributed by atoms with Gasteiger partial charge in [-0.05, 0) is 25.0 Å². The minimum Gasteiger partial charge on any atom is -0.299 e. The van der Waals surface area contributed by atoms with Crippen LogP contribution in [0.2, 0.25) is 0 Å². The van der Waals surface area contributed by atoms with Crippen molar-refractivity contribution >= 4 is 23.3 Å². The Morgan fingerprint density at radius 3 is 2.48 bits per heavy atom. The van der Waals surface area contributed by atoms with Gasteiger partial charge in [0.2, 0.25) is 11.8 Å². The summed E-state index contributed by atoms with van der Waals surface area (Å²) in [6.07, 6.45) is 1.99. The van der Waals surface area contributed by atoms with Gasteiger partial charge in [0, 0.05) is 18.8 Å². The molecule has 0 bridgehead atoms. The first-order valence-corrected chi connectivity index (χ1v) is 7.54. The molecule has 4 nitrogen and oxygen atoms in total. The van der Waals surface area contributed by atoms with Crippen LogP contribution in [0.3, 0.4) is 0 Å². The Balaban J connectivity index is 2.23. The van der Waals surface area contributed by atoms with Crippen molar-refractivity contribution in [1.29, 1.82) is 0 Å². The van der Waals surface area contributed by atoms with Crippen molar-refractivity contribution in [1.82, 2.24) is 0 Å². The highest BCUT2D eigenvalue weighted by Gasteiger charge is 2.44. The molecule has 2 rings (SSSR count). The Labute approximate surface area is 125 Å². The number of carbonyl (C=O) groups excluding carboxylic acids is 3. The van der Waals surface area contributed by atoms with Gasteiger partial charge in [-0.15, -0.1) is 0 Å². The summed E-state index contributed by atoms with van der Waals surface area (Å²) >= 11 is 0. The van der Waals surface area contributed by atoms with E-state index in [1.54, 1.807) is 24.3 Å². The number of ketones is 1. The molecule has 0 aromatic heterocycles. The number of hydrogen-bond acceptors (Lipinski definition) is 3. The summed E-state index contributed by atoms with van der Waals surface area (Å²) in [5.74, 6) is -1.18. The minimum atomic E-state index is -0.498. The van der Waals surface area contributed by atoms with Crippen molar-refractivity contribution in [2.45, 2.75) is 39.5 Å². The number of amides is 2. The average molecular weight is 287 g/mol. The maximum Gasteiger partial charge on any atom is 0.238 e. The quantitative estimate of drug-likeness (QED) is 0.756. The molecule has 0 saturated carbocycles. The summed E-state index contributed by atoms with van der Waals surface area (Å²) in [5, 5.41) is 0. The minimum absolute atomic E-state index is 0.0982. The number of anilines is 1. The van der Waals surface area contributed by atoms with Crippen molar-refractivity contribution in [3.05, 3.63) is 30.3 Å². The first kappa shape index (κ1) is 15.4. The SMILES string of the molecule is CCCC(=O)C(CC)[C@H]1CC(=O)N(c2ccccc2)C1=O. The standard InChI is InChI=1S/C17H21NO3/c1-3-8-15(19)13(4-2)14-11-16(20)18(17(14)21)12-9-6-5-7-10-12/h5-7,9-10,13-14H,3-4,8,11H2,1-2H3/t13?,14-/m1/s1. The normalized spacial score (nSPS) is 19.9. The third-order valence-corrected chi connectivity index (χ3v) is 4.03. The number of hydrogen-bond donors (Lipinski definition) is 0. The molecule has 0 radical (unpaired) electrons. The van der Waals surface area contributed by atoms with Crippen molar-refractivity contribution < 1.29 is 14.4 Å². The van der Waals surface area contributed by atoms with Crippen LogP contribution in [0, 0.1) is 11.8 Å². The van der Waals surface area contributed by atoms with Crippen LogP contribution in [0.1, 0.15) is 39.5 Å². The number of nitrogens with zero attached hydrogens (tertiary/aromatic N) is 1. The molecule has 0 N–H and O–H groups in total. The number of imide groups is 1. The summed E-state index contributed by atoms with van der Waals surface area (Å²) < 4.78 is 0. The highest BCUT2D eigenvalue weighted by molar-refractivity contribution is 6.21. The lowest BCUT2D eigenvalue weighted by Gasteiger charge is -2.20. The highest BCUT2D eigenvalue weighted by atomic mass is 16.2. The molecule has 1 aliphatic rings. The molecule has 4 heteroatoms. The second kappa shape index (κ2) is 6.66. The molecule has 21 heavy (non-hydrogen) atoms. The highest BCUT2D eigenvalue weighted by Crippen LogP contribution is 2.33. The lowest BCUT2D eigenvalue weighted by molar-refractivity contribution is -0.130. The second-order valence-electron chi connectivity index (χ2n) is 5.44. The van der Waals surface area contributed by atoms with E-state index in [1.165, 1.54) is 4.90 Å². The van der Waals surface area contributed by atoms with Crippen LogP contribution in [0.5, 0.6) is 0 Å². The monoisotopic (exact) mass is 287 g/mol. The molecule has 1 fully saturated rings. The van der Waals surface area contributed by atoms with Gasteiger partial charge in [-0.2, -0.15) is 0 Å². The van der Waals surface area contributed by atoms with Crippen LogP contribution in [-0.2, 0) is 14.4 Å². The lowest BCUT2D eigenvalue weighted by atomic mass is 9.84. The van der Waals surface area contributed by atoms with Gasteiger partial charge in [0.15, 0.2) is 0 Å². The van der Waals surface area contributed by atoms with E-state index < -0.39 is 5.92 Å². The molecular formula is C17H21NO3. The molecule has 1 unspecified atom stereocenters. The van der Waals surface area contributed by atoms with Gasteiger partial charge in [-0.1, -0.05) is 32.0 Å². The number of carbonyl (C=O) groups is 3. The molecule has 1 saturated heterocycles. The number of para-hydroxylation sites is 1. The first-order chi connectivity index (χ1) is 10.1. The first-order valence-electron chi connectivity index (χ1n) is 7.54. The van der Waals surface area contributed by atoms with Gasteiger partial charge in [0.1, 0.15) is 5.78 Å². The Hall–Kier alpha value is -1.97. The number of Topliss-reactive ketones (excluding diaryl/α,β-unsaturated/α-hetero) is 1. The predicted molar refractivity (Wildman–Crippen MR) is 80.7 cm³/mol. The van der Waals surface area contributed by atoms with Gasteiger partial charge in [0.25, 0.3) is 0 Å². The van der Waals surface area contributed by atoms with Crippen molar-refractivity contribution in [2.75, 3.05) is 4.90 Å². The number of rotatable bonds is 6. The largest absolute Gasteiger partial charge is 0.299 e. The summed E-state index contributed by atoms with van der Waals surface area (Å²) in [4.78, 5) is 38.2. The lowest BCUT2D eigenvalue weighted by Crippen LogP contribution is -2.34. The van der Waals surface area contributed by atoms with Crippen molar-refractivity contribution in [3.63, 3.8) is 0 Å². The van der Waals surface area contributed by atoms with Crippen LogP contribution < -0.4 is 4.90 Å². The van der Waals surface area contributed by atoms with Gasteiger partial charge in [-0.3, -0.25) is 19.3 Å². The molecule has 1 aromatic carbocycles. The smallest absolute Gasteiger partial charge is 0.238 e. The van der Waals surface area contributed by atoms with E-state index in [0.717, 1.165) is 6.42 Å². The van der Waals surface area contributed by atoms with Crippen LogP contribution in [0.15, 0.2) is 30.3 Å². The average Bonchev–Trinajstić information content (AvgIpc) is 2.76. The zero-order valence-corrected chi connectivity index (χ0v) is 12.5. The summed E-state index contributed by atoms with van der Waals surface area (Å²) in [6, 6.07) is 8.91. The van der Waals surface area contributed by atoms with E-state index in [4.69, 9.17) is 0 Å². The molecule has 0 aliphatic carbocycles. The fourth-order valence-electron chi connectivity index (χ4n) is 2.99. The Morgan fingerprint density at radius 2 is 1.90 bits per heavy atom. The van der Waals surface area contributed by atoms with E-state index in [2.05, 4.69) is 0 Å². The van der Waals surface area contributed by atoms with E-state index in [0.29, 0.717) is 18.5 Å². The van der Waals surface area contributed by atoms with Crippen LogP contribution in [0.25, 0.3) is 0 Å². The summed E-state index contributed by atoms with van der Waals surface area (Å²) in [7, 11) is 0. The molecule has 1 aliphatic heterocycles. The Morgan fingerprint density at radius 1 is 1.24 bits per heavy atom. The third kappa shape index (κ3) is 3.04. The van der Waals surface area contributed by atoms with E-state index in [-0.39, 0.29) is 29.9 Å². The fraction of sp³-hybridized carbons (Fsp3) is 0.471. The molecule has 2 atom stereocenters. The topological polar surface area (TPSA) is 54.5 Å². The fourth-order valence-corrected chi connectivity index (χ4v) is 2.99. The number of benzene rings is 1. The zero-order valence-electron chi connectivity index (χ0n) is 12.5. The maximum atomic E-state index is 12.6. The predicted octanol–water partition coefficient (Wildman–Crippen LogP) is 2.96. The summed E-state index contributed by atoms with van der Waals surface area (Å²) in [6.45, 7) is 3.85. The molecule has 1 aromatic rings. The van der Waals surface area contributed by atoms with E-state index >= 15 is 0 Å². The van der Waals surface area contributed by atoms with Crippen LogP contribution >= 0.6 is 0 Å². The second-order valence-corrected chi connectivity index (χ2v) is 5.44. The molecule has 1 heterocycles. The Kier molecular flexibility index (Phi) is 4.89. The maximum absolute atomic E-state index is 12.6.